The van der Waals surface area contributed by atoms with Crippen molar-refractivity contribution in [2.75, 3.05) is 57.9 Å². The highest BCUT2D eigenvalue weighted by molar-refractivity contribution is 7.98. The molecule has 14 amide bonds. The first kappa shape index (κ1) is 98.2. The number of aromatic nitrogens is 2. The number of nitrogens with one attached hydrogen (secondary N) is 17. The molecule has 110 heavy (non-hydrogen) atoms. The zero-order chi connectivity index (χ0) is 83.3. The van der Waals surface area contributed by atoms with Crippen molar-refractivity contribution in [3.63, 3.8) is 0 Å². The van der Waals surface area contributed by atoms with Gasteiger partial charge in [-0.3, -0.25) is 82.1 Å². The van der Waals surface area contributed by atoms with E-state index in [1.807, 2.05) is 11.6 Å². The van der Waals surface area contributed by atoms with Gasteiger partial charge in [-0.1, -0.05) is 60.8 Å². The largest absolute Gasteiger partial charge is 0.481 e. The third-order valence-corrected chi connectivity index (χ3v) is 18.4. The molecule has 0 aliphatic rings. The summed E-state index contributed by atoms with van der Waals surface area (Å²) in [7, 11) is 0. The Morgan fingerprint density at radius 3 is 1.32 bits per heavy atom. The lowest BCUT2D eigenvalue weighted by Gasteiger charge is -2.32. The molecule has 43 heteroatoms. The van der Waals surface area contributed by atoms with Crippen LogP contribution < -0.4 is 103 Å². The van der Waals surface area contributed by atoms with Gasteiger partial charge in [-0.05, 0) is 114 Å². The van der Waals surface area contributed by atoms with Gasteiger partial charge in [0, 0.05) is 19.2 Å². The number of H-pyrrole nitrogens is 1. The number of thioether (sulfide) groups is 1. The predicted octanol–water partition coefficient (Wildman–Crippen LogP) is -7.67. The summed E-state index contributed by atoms with van der Waals surface area (Å²) in [5.74, 6) is -18.1. The molecule has 1 heterocycles. The van der Waals surface area contributed by atoms with Gasteiger partial charge in [0.25, 0.3) is 0 Å². The number of aromatic amines is 1. The van der Waals surface area contributed by atoms with Crippen LogP contribution in [0.5, 0.6) is 0 Å². The standard InChI is InChI=1S/C67H118N22O20S/c1-10-34(4)51(64(107)79-38(8)55(98)83-44(26-39-28-73-33-77-39)61(104)81-41(20-17-24-74-67(71)72)57(100)75-29-48(92)78-37(7)54(97)85-46(31-90)58(101)76-30-50(95)96)88-66(109)53(36(6)12-3)89-65(108)52(35(5)11-2)87-60(103)43(19-14-16-23-69)82-62(105)45(27-49(93)94)84-63(106)47(32-91)86-59(102)42(18-13-15-22-68)80-56(99)40(70)21-25-110-9/h28,33-38,40-47,51-53,90-91H,10-27,29-32,68-70H2,1-9H3,(H,73,77)(H,75,100)(H,76,101)(H,78,92)(H,79,107)(H,80,99)(H,81,104)(H,82,105)(H,83,98)(H,84,106)(H,85,97)(H,86,102)(H,87,103)(H,88,109)(H,89,108)(H,93,94)(H,95,96)(H4,71,72,74)/t34-,35-,36-,37-,38-,40-,41-,42-,43-,44-,45-,46-,47-,51-,52-,53-/m0/s1. The molecular formula is C67H118N22O20S. The number of nitrogens with two attached hydrogens (primary N) is 4. The minimum absolute atomic E-state index is 0.0390. The van der Waals surface area contributed by atoms with Crippen molar-refractivity contribution < 1.29 is 97.1 Å². The fourth-order valence-electron chi connectivity index (χ4n) is 10.4. The van der Waals surface area contributed by atoms with Gasteiger partial charge in [-0.25, -0.2) is 4.98 Å². The second-order valence-electron chi connectivity index (χ2n) is 26.6. The Hall–Kier alpha value is -9.85. The van der Waals surface area contributed by atoms with Gasteiger partial charge in [0.05, 0.1) is 44.2 Å². The van der Waals surface area contributed by atoms with Crippen LogP contribution >= 0.6 is 11.8 Å². The number of guanidine groups is 1. The van der Waals surface area contributed by atoms with Gasteiger partial charge < -0.3 is 128 Å². The normalized spacial score (nSPS) is 15.4. The van der Waals surface area contributed by atoms with Crippen molar-refractivity contribution in [3.8, 4) is 0 Å². The average molecular weight is 1580 g/mol. The molecule has 16 atom stereocenters. The van der Waals surface area contributed by atoms with Gasteiger partial charge in [0.2, 0.25) is 82.7 Å². The highest BCUT2D eigenvalue weighted by Crippen LogP contribution is 2.17. The number of carbonyl (C=O) groups excluding carboxylic acids is 14. The van der Waals surface area contributed by atoms with Crippen LogP contribution in [0.25, 0.3) is 0 Å². The highest BCUT2D eigenvalue weighted by atomic mass is 32.2. The summed E-state index contributed by atoms with van der Waals surface area (Å²) >= 11 is 1.45. The van der Waals surface area contributed by atoms with E-state index in [1.165, 1.54) is 38.1 Å². The van der Waals surface area contributed by atoms with Crippen LogP contribution in [0.4, 0.5) is 0 Å². The van der Waals surface area contributed by atoms with Gasteiger partial charge in [0.1, 0.15) is 79.0 Å². The van der Waals surface area contributed by atoms with Crippen molar-refractivity contribution in [2.24, 2.45) is 40.7 Å². The lowest BCUT2D eigenvalue weighted by Crippen LogP contribution is -2.62. The summed E-state index contributed by atoms with van der Waals surface area (Å²) in [6.45, 7) is 9.45. The first-order valence-corrected chi connectivity index (χ1v) is 37.9. The number of aliphatic hydroxyl groups excluding tert-OH is 2. The Kier molecular flexibility index (Phi) is 47.4. The number of imidazole rings is 1. The van der Waals surface area contributed by atoms with Crippen molar-refractivity contribution in [1.29, 1.82) is 5.41 Å². The minimum atomic E-state index is -1.93. The first-order valence-electron chi connectivity index (χ1n) is 36.5. The molecule has 0 spiro atoms. The van der Waals surface area contributed by atoms with E-state index in [4.69, 9.17) is 33.5 Å². The lowest BCUT2D eigenvalue weighted by molar-refractivity contribution is -0.142. The average Bonchev–Trinajstić information content (AvgIpc) is 0.857. The number of amides is 14. The molecule has 0 fully saturated rings. The molecule has 0 aromatic carbocycles. The maximum Gasteiger partial charge on any atom is 0.322 e. The monoisotopic (exact) mass is 1580 g/mol. The molecule has 1 aromatic heterocycles. The zero-order valence-electron chi connectivity index (χ0n) is 63.9. The number of rotatable bonds is 56. The van der Waals surface area contributed by atoms with E-state index >= 15 is 0 Å². The second-order valence-corrected chi connectivity index (χ2v) is 27.5. The molecule has 1 aromatic rings. The van der Waals surface area contributed by atoms with E-state index in [2.05, 4.69) is 84.4 Å². The summed E-state index contributed by atoms with van der Waals surface area (Å²) in [5, 5.41) is 83.0. The number of nitrogens with zero attached hydrogens (tertiary/aromatic N) is 1. The lowest BCUT2D eigenvalue weighted by atomic mass is 9.93. The van der Waals surface area contributed by atoms with Gasteiger partial charge >= 0.3 is 11.9 Å². The third-order valence-electron chi connectivity index (χ3n) is 17.7. The molecule has 0 aliphatic heterocycles. The van der Waals surface area contributed by atoms with Crippen LogP contribution in [0.15, 0.2) is 12.5 Å². The Labute approximate surface area is 642 Å². The second kappa shape index (κ2) is 53.1. The number of unbranched alkanes of at least 4 members (excludes halogenated alkanes) is 2. The van der Waals surface area contributed by atoms with Crippen molar-refractivity contribution in [3.05, 3.63) is 18.2 Å². The van der Waals surface area contributed by atoms with Crippen molar-refractivity contribution >= 4 is 112 Å². The van der Waals surface area contributed by atoms with E-state index in [1.54, 1.807) is 41.5 Å². The molecule has 29 N–H and O–H groups in total. The van der Waals surface area contributed by atoms with Crippen molar-refractivity contribution in [1.82, 2.24) is 89.7 Å². The molecular weight excluding hydrogens is 1460 g/mol. The summed E-state index contributed by atoms with van der Waals surface area (Å²) in [6.07, 6.45) is 5.52. The zero-order valence-corrected chi connectivity index (χ0v) is 64.8. The van der Waals surface area contributed by atoms with Crippen LogP contribution in [-0.4, -0.2) is 267 Å². The number of carboxylic acid groups (broad SMARTS) is 2. The molecule has 0 aliphatic carbocycles. The SMILES string of the molecule is CC[C@H](C)[C@H](NC(=O)[C@H](CCCCN)NC(=O)[C@H](CC(=O)O)NC(=O)[C@H](CO)NC(=O)[C@H](CCCCN)NC(=O)[C@@H](N)CCSC)C(=O)N[C@H](C(=O)N[C@H](C(=O)N[C@@H](C)C(=O)N[C@@H](Cc1c[nH]cn1)C(=O)N[C@@H](CCCNC(=N)N)C(=O)NCC(=O)N[C@@H](C)C(=O)N[C@@H](CO)C(=O)NCC(=O)O)[C@@H](C)CC)[C@@H](C)CC. The Morgan fingerprint density at radius 1 is 0.464 bits per heavy atom. The maximum absolute atomic E-state index is 14.6. The van der Waals surface area contributed by atoms with E-state index in [0.29, 0.717) is 25.0 Å². The molecule has 0 unspecified atom stereocenters. The smallest absolute Gasteiger partial charge is 0.322 e. The molecule has 622 valence electrons. The number of aliphatic carboxylic acids is 2. The van der Waals surface area contributed by atoms with Crippen LogP contribution in [0.3, 0.4) is 0 Å². The fraction of sp³-hybridized carbons (Fsp3) is 0.701. The minimum Gasteiger partial charge on any atom is -0.481 e. The Balaban J connectivity index is 3.51. The van der Waals surface area contributed by atoms with Crippen molar-refractivity contribution in [2.45, 2.75) is 224 Å². The molecule has 42 nitrogen and oxygen atoms in total. The first-order chi connectivity index (χ1) is 52.0. The third kappa shape index (κ3) is 37.0. The number of carboxylic acids is 2. The molecule has 1 rings (SSSR count). The molecule has 0 bridgehead atoms. The van der Waals surface area contributed by atoms with Crippen LogP contribution in [0.1, 0.15) is 145 Å². The van der Waals surface area contributed by atoms with Gasteiger partial charge in [0.15, 0.2) is 5.96 Å². The van der Waals surface area contributed by atoms with Gasteiger partial charge in [-0.15, -0.1) is 0 Å². The molecule has 0 saturated carbocycles. The number of carbonyl (C=O) groups is 16. The molecule has 0 saturated heterocycles. The Bertz CT molecular complexity index is 3190. The van der Waals surface area contributed by atoms with E-state index in [9.17, 15) is 92.0 Å². The van der Waals surface area contributed by atoms with Gasteiger partial charge in [-0.2, -0.15) is 11.8 Å². The van der Waals surface area contributed by atoms with E-state index in [0.717, 1.165) is 0 Å². The number of hydrogen-bond donors (Lipinski definition) is 25. The van der Waals surface area contributed by atoms with Crippen LogP contribution in [-0.2, 0) is 83.1 Å². The predicted molar refractivity (Wildman–Crippen MR) is 401 cm³/mol. The van der Waals surface area contributed by atoms with Crippen LogP contribution in [0.2, 0.25) is 0 Å². The van der Waals surface area contributed by atoms with E-state index in [-0.39, 0.29) is 89.5 Å². The maximum atomic E-state index is 14.6. The summed E-state index contributed by atoms with van der Waals surface area (Å²) in [4.78, 5) is 223. The highest BCUT2D eigenvalue weighted by Gasteiger charge is 2.39. The molecule has 0 radical (unpaired) electrons. The Morgan fingerprint density at radius 2 is 0.855 bits per heavy atom. The number of hydrogen-bond acceptors (Lipinski definition) is 24. The topological polar surface area (TPSA) is 691 Å². The van der Waals surface area contributed by atoms with Crippen LogP contribution in [0, 0.1) is 23.2 Å². The summed E-state index contributed by atoms with van der Waals surface area (Å²) in [5.41, 5.74) is 23.1. The number of aliphatic hydroxyl groups is 2. The quantitative estimate of drug-likeness (QED) is 0.0164. The summed E-state index contributed by atoms with van der Waals surface area (Å²) in [6, 6.07) is -19.0. The summed E-state index contributed by atoms with van der Waals surface area (Å²) < 4.78 is 0. The fourth-order valence-corrected chi connectivity index (χ4v) is 10.9. The van der Waals surface area contributed by atoms with E-state index < -0.39 is 230 Å².